The quantitative estimate of drug-likeness (QED) is 0.909. The average molecular weight is 306 g/mol. The third-order valence-corrected chi connectivity index (χ3v) is 4.33. The summed E-state index contributed by atoms with van der Waals surface area (Å²) in [6.07, 6.45) is 2.40. The first-order chi connectivity index (χ1) is 10.1. The summed E-state index contributed by atoms with van der Waals surface area (Å²) in [6, 6.07) is 3.88. The molecule has 3 N–H and O–H groups in total. The summed E-state index contributed by atoms with van der Waals surface area (Å²) >= 11 is 6.48. The first-order valence-corrected chi connectivity index (χ1v) is 7.22. The van der Waals surface area contributed by atoms with E-state index in [1.54, 1.807) is 0 Å². The molecule has 1 fully saturated rings. The number of amides is 1. The van der Waals surface area contributed by atoms with Crippen LogP contribution in [-0.2, 0) is 0 Å². The van der Waals surface area contributed by atoms with Crippen LogP contribution in [0.2, 0.25) is 5.02 Å². The zero-order valence-corrected chi connectivity index (χ0v) is 12.4. The van der Waals surface area contributed by atoms with Crippen LogP contribution in [0.1, 0.15) is 28.9 Å². The predicted octanol–water partition coefficient (Wildman–Crippen LogP) is 2.13. The lowest BCUT2D eigenvalue weighted by Crippen LogP contribution is -2.19. The van der Waals surface area contributed by atoms with Gasteiger partial charge in [0, 0.05) is 24.3 Å². The van der Waals surface area contributed by atoms with E-state index in [1.165, 1.54) is 12.8 Å². The van der Waals surface area contributed by atoms with E-state index in [0.717, 1.165) is 24.3 Å². The molecule has 1 aliphatic rings. The topological polar surface area (TPSA) is 87.9 Å². The Hall–Kier alpha value is -2.08. The van der Waals surface area contributed by atoms with E-state index in [1.807, 2.05) is 19.1 Å². The smallest absolute Gasteiger partial charge is 0.271 e. The van der Waals surface area contributed by atoms with Crippen molar-refractivity contribution in [3.05, 3.63) is 28.4 Å². The molecule has 1 amide bonds. The van der Waals surface area contributed by atoms with E-state index >= 15 is 0 Å². The van der Waals surface area contributed by atoms with Gasteiger partial charge in [-0.25, -0.2) is 0 Å². The molecule has 0 unspecified atom stereocenters. The molecule has 2 aromatic rings. The number of hydrogen-bond acceptors (Lipinski definition) is 4. The lowest BCUT2D eigenvalue weighted by Gasteiger charge is -2.21. The Balaban J connectivity index is 2.06. The van der Waals surface area contributed by atoms with Crippen molar-refractivity contribution in [3.63, 3.8) is 0 Å². The van der Waals surface area contributed by atoms with E-state index in [0.29, 0.717) is 16.3 Å². The second-order valence-corrected chi connectivity index (χ2v) is 5.53. The van der Waals surface area contributed by atoms with Crippen LogP contribution in [0, 0.1) is 6.92 Å². The van der Waals surface area contributed by atoms with E-state index in [-0.39, 0.29) is 5.69 Å². The number of carbonyl (C=O) groups is 1. The zero-order chi connectivity index (χ0) is 15.0. The van der Waals surface area contributed by atoms with Crippen molar-refractivity contribution in [1.82, 2.24) is 15.4 Å². The number of anilines is 1. The largest absolute Gasteiger partial charge is 0.371 e. The van der Waals surface area contributed by atoms with Crippen molar-refractivity contribution in [1.29, 1.82) is 0 Å². The molecule has 6 nitrogen and oxygen atoms in total. The second-order valence-electron chi connectivity index (χ2n) is 5.15. The first-order valence-electron chi connectivity index (χ1n) is 6.84. The highest BCUT2D eigenvalue weighted by atomic mass is 35.5. The number of halogens is 1. The minimum Gasteiger partial charge on any atom is -0.371 e. The second kappa shape index (κ2) is 5.37. The predicted molar refractivity (Wildman–Crippen MR) is 81.5 cm³/mol. The first kappa shape index (κ1) is 13.9. The number of hydrogen-bond donors (Lipinski definition) is 2. The van der Waals surface area contributed by atoms with Gasteiger partial charge in [0.2, 0.25) is 0 Å². The van der Waals surface area contributed by atoms with Gasteiger partial charge in [0.1, 0.15) is 5.69 Å². The fraction of sp³-hybridized carbons (Fsp3) is 0.357. The van der Waals surface area contributed by atoms with Gasteiger partial charge in [-0.1, -0.05) is 11.6 Å². The van der Waals surface area contributed by atoms with Crippen molar-refractivity contribution >= 4 is 23.2 Å². The number of aromatic amines is 1. The van der Waals surface area contributed by atoms with Crippen LogP contribution in [0.3, 0.4) is 0 Å². The number of H-pyrrole nitrogens is 1. The molecular formula is C14H16ClN5O. The van der Waals surface area contributed by atoms with Crippen LogP contribution >= 0.6 is 11.6 Å². The SMILES string of the molecule is Cc1c(N2CCCC2)ccc(-c2n[nH]nc2C(N)=O)c1Cl. The molecule has 1 aromatic carbocycles. The minimum absolute atomic E-state index is 0.102. The number of benzene rings is 1. The molecule has 0 radical (unpaired) electrons. The van der Waals surface area contributed by atoms with Crippen molar-refractivity contribution in [2.75, 3.05) is 18.0 Å². The highest BCUT2D eigenvalue weighted by Gasteiger charge is 2.21. The Morgan fingerprint density at radius 3 is 2.71 bits per heavy atom. The van der Waals surface area contributed by atoms with Crippen molar-refractivity contribution in [3.8, 4) is 11.3 Å². The summed E-state index contributed by atoms with van der Waals surface area (Å²) in [4.78, 5) is 13.7. The molecule has 0 bridgehead atoms. The highest BCUT2D eigenvalue weighted by molar-refractivity contribution is 6.34. The standard InChI is InChI=1S/C14H16ClN5O/c1-8-10(20-6-2-3-7-20)5-4-9(11(8)15)12-13(14(16)21)18-19-17-12/h4-5H,2-3,6-7H2,1H3,(H2,16,21)(H,17,18,19). The number of aromatic nitrogens is 3. The Morgan fingerprint density at radius 2 is 2.05 bits per heavy atom. The summed E-state index contributed by atoms with van der Waals surface area (Å²) in [6.45, 7) is 4.07. The van der Waals surface area contributed by atoms with Gasteiger partial charge in [-0.3, -0.25) is 4.79 Å². The maximum absolute atomic E-state index is 11.4. The van der Waals surface area contributed by atoms with Gasteiger partial charge >= 0.3 is 0 Å². The number of nitrogens with one attached hydrogen (secondary N) is 1. The van der Waals surface area contributed by atoms with Crippen LogP contribution in [0.15, 0.2) is 12.1 Å². The van der Waals surface area contributed by atoms with Gasteiger partial charge in [-0.15, -0.1) is 0 Å². The Kier molecular flexibility index (Phi) is 3.55. The number of rotatable bonds is 3. The average Bonchev–Trinajstić information content (AvgIpc) is 3.11. The van der Waals surface area contributed by atoms with Crippen molar-refractivity contribution in [2.45, 2.75) is 19.8 Å². The lowest BCUT2D eigenvalue weighted by molar-refractivity contribution is 0.0996. The fourth-order valence-electron chi connectivity index (χ4n) is 2.75. The molecule has 2 heterocycles. The van der Waals surface area contributed by atoms with Crippen LogP contribution in [-0.4, -0.2) is 34.4 Å². The number of nitrogens with zero attached hydrogens (tertiary/aromatic N) is 3. The molecule has 0 saturated carbocycles. The van der Waals surface area contributed by atoms with Crippen molar-refractivity contribution < 1.29 is 4.79 Å². The maximum atomic E-state index is 11.4. The summed E-state index contributed by atoms with van der Waals surface area (Å²) in [5.41, 5.74) is 8.57. The third kappa shape index (κ3) is 2.35. The van der Waals surface area contributed by atoms with Crippen LogP contribution in [0.5, 0.6) is 0 Å². The monoisotopic (exact) mass is 305 g/mol. The van der Waals surface area contributed by atoms with E-state index in [2.05, 4.69) is 20.3 Å². The highest BCUT2D eigenvalue weighted by Crippen LogP contribution is 2.36. The summed E-state index contributed by atoms with van der Waals surface area (Å²) in [5, 5.41) is 10.8. The van der Waals surface area contributed by atoms with Crippen LogP contribution in [0.25, 0.3) is 11.3 Å². The van der Waals surface area contributed by atoms with E-state index in [4.69, 9.17) is 17.3 Å². The summed E-state index contributed by atoms with van der Waals surface area (Å²) in [5.74, 6) is -0.629. The van der Waals surface area contributed by atoms with E-state index < -0.39 is 5.91 Å². The van der Waals surface area contributed by atoms with Crippen molar-refractivity contribution in [2.24, 2.45) is 5.73 Å². The molecule has 0 aliphatic carbocycles. The van der Waals surface area contributed by atoms with Crippen LogP contribution < -0.4 is 10.6 Å². The van der Waals surface area contributed by atoms with Gasteiger partial charge in [0.15, 0.2) is 5.69 Å². The molecule has 1 aromatic heterocycles. The van der Waals surface area contributed by atoms with Gasteiger partial charge in [-0.2, -0.15) is 15.4 Å². The molecule has 0 atom stereocenters. The summed E-state index contributed by atoms with van der Waals surface area (Å²) in [7, 11) is 0. The third-order valence-electron chi connectivity index (χ3n) is 3.84. The lowest BCUT2D eigenvalue weighted by atomic mass is 10.0. The number of nitrogens with two attached hydrogens (primary N) is 1. The van der Waals surface area contributed by atoms with Gasteiger partial charge < -0.3 is 10.6 Å². The Bertz CT molecular complexity index is 691. The molecular weight excluding hydrogens is 290 g/mol. The maximum Gasteiger partial charge on any atom is 0.271 e. The molecule has 110 valence electrons. The minimum atomic E-state index is -0.629. The number of primary amides is 1. The molecule has 3 rings (SSSR count). The molecule has 0 spiro atoms. The molecule has 21 heavy (non-hydrogen) atoms. The zero-order valence-electron chi connectivity index (χ0n) is 11.7. The van der Waals surface area contributed by atoms with E-state index in [9.17, 15) is 4.79 Å². The fourth-order valence-corrected chi connectivity index (χ4v) is 3.00. The Morgan fingerprint density at radius 1 is 1.33 bits per heavy atom. The van der Waals surface area contributed by atoms with Crippen LogP contribution in [0.4, 0.5) is 5.69 Å². The van der Waals surface area contributed by atoms with Gasteiger partial charge in [-0.05, 0) is 37.5 Å². The molecule has 7 heteroatoms. The molecule has 1 aliphatic heterocycles. The number of carbonyl (C=O) groups excluding carboxylic acids is 1. The van der Waals surface area contributed by atoms with Gasteiger partial charge in [0.25, 0.3) is 5.91 Å². The normalized spacial score (nSPS) is 14.7. The Labute approximate surface area is 127 Å². The summed E-state index contributed by atoms with van der Waals surface area (Å²) < 4.78 is 0. The molecule has 1 saturated heterocycles. The van der Waals surface area contributed by atoms with Gasteiger partial charge in [0.05, 0.1) is 5.02 Å².